The number of benzene rings is 1. The second-order valence-corrected chi connectivity index (χ2v) is 10.9. The van der Waals surface area contributed by atoms with Crippen molar-refractivity contribution in [2.24, 2.45) is 28.3 Å². The molecule has 4 saturated carbocycles. The quantitative estimate of drug-likeness (QED) is 0.542. The van der Waals surface area contributed by atoms with E-state index in [9.17, 15) is 13.2 Å². The number of hydrogen-bond acceptors (Lipinski definition) is 4. The summed E-state index contributed by atoms with van der Waals surface area (Å²) in [4.78, 5) is 12.2. The Kier molecular flexibility index (Phi) is 5.31. The zero-order valence-corrected chi connectivity index (χ0v) is 17.2. The third kappa shape index (κ3) is 4.30. The summed E-state index contributed by atoms with van der Waals surface area (Å²) in [6.45, 7) is 1.64. The zero-order chi connectivity index (χ0) is 19.8. The van der Waals surface area contributed by atoms with Crippen LogP contribution in [0.25, 0.3) is 0 Å². The van der Waals surface area contributed by atoms with Gasteiger partial charge in [0.05, 0.1) is 11.4 Å². The Labute approximate surface area is 167 Å². The van der Waals surface area contributed by atoms with E-state index < -0.39 is 15.9 Å². The van der Waals surface area contributed by atoms with Gasteiger partial charge in [-0.1, -0.05) is 18.2 Å². The Morgan fingerprint density at radius 2 is 1.64 bits per heavy atom. The lowest BCUT2D eigenvalue weighted by atomic mass is 9.48. The highest BCUT2D eigenvalue weighted by molar-refractivity contribution is 7.89. The number of nitrogens with zero attached hydrogens (tertiary/aromatic N) is 1. The lowest BCUT2D eigenvalue weighted by Crippen LogP contribution is -2.46. The highest BCUT2D eigenvalue weighted by Crippen LogP contribution is 2.61. The van der Waals surface area contributed by atoms with E-state index in [1.165, 1.54) is 50.7 Å². The maximum absolute atomic E-state index is 12.2. The van der Waals surface area contributed by atoms with Gasteiger partial charge in [0.25, 0.3) is 5.91 Å². The molecule has 1 amide bonds. The maximum atomic E-state index is 12.2. The average Bonchev–Trinajstić information content (AvgIpc) is 2.64. The summed E-state index contributed by atoms with van der Waals surface area (Å²) in [7, 11) is -3.69. The Morgan fingerprint density at radius 1 is 1.07 bits per heavy atom. The fraction of sp³-hybridized carbons (Fsp3) is 0.619. The maximum Gasteiger partial charge on any atom is 0.255 e. The smallest absolute Gasteiger partial charge is 0.255 e. The van der Waals surface area contributed by atoms with Crippen molar-refractivity contribution in [2.75, 3.05) is 6.54 Å². The molecule has 0 aromatic heterocycles. The van der Waals surface area contributed by atoms with Gasteiger partial charge in [0.1, 0.15) is 0 Å². The number of nitrogens with one attached hydrogen (secondary N) is 2. The molecular formula is C21H29N3O3S. The molecule has 7 heteroatoms. The second-order valence-electron chi connectivity index (χ2n) is 9.11. The van der Waals surface area contributed by atoms with Crippen molar-refractivity contribution in [3.8, 4) is 0 Å². The van der Waals surface area contributed by atoms with Crippen LogP contribution >= 0.6 is 0 Å². The molecule has 0 radical (unpaired) electrons. The summed E-state index contributed by atoms with van der Waals surface area (Å²) >= 11 is 0. The van der Waals surface area contributed by atoms with Crippen LogP contribution in [0.1, 0.15) is 51.9 Å². The second kappa shape index (κ2) is 7.59. The molecule has 2 N–H and O–H groups in total. The van der Waals surface area contributed by atoms with Crippen LogP contribution in [0.4, 0.5) is 0 Å². The predicted molar refractivity (Wildman–Crippen MR) is 108 cm³/mol. The van der Waals surface area contributed by atoms with Crippen molar-refractivity contribution in [1.29, 1.82) is 0 Å². The Bertz CT molecular complexity index is 829. The van der Waals surface area contributed by atoms with Crippen LogP contribution < -0.4 is 10.1 Å². The van der Waals surface area contributed by atoms with Crippen molar-refractivity contribution < 1.29 is 13.2 Å². The minimum atomic E-state index is -3.69. The van der Waals surface area contributed by atoms with Gasteiger partial charge in [-0.25, -0.2) is 18.6 Å². The Morgan fingerprint density at radius 3 is 2.21 bits per heavy atom. The zero-order valence-electron chi connectivity index (χ0n) is 16.4. The van der Waals surface area contributed by atoms with Gasteiger partial charge in [0.2, 0.25) is 10.0 Å². The number of rotatable bonds is 7. The summed E-state index contributed by atoms with van der Waals surface area (Å²) in [5.74, 6) is 2.22. The number of sulfonamides is 1. The van der Waals surface area contributed by atoms with Crippen LogP contribution in [0.15, 0.2) is 40.3 Å². The van der Waals surface area contributed by atoms with E-state index in [-0.39, 0.29) is 11.4 Å². The molecule has 4 aliphatic rings. The third-order valence-electron chi connectivity index (χ3n) is 6.64. The topological polar surface area (TPSA) is 87.6 Å². The number of amides is 1. The number of hydrazone groups is 1. The first-order valence-electron chi connectivity index (χ1n) is 10.2. The van der Waals surface area contributed by atoms with Gasteiger partial charge in [0.15, 0.2) is 0 Å². The summed E-state index contributed by atoms with van der Waals surface area (Å²) in [5.41, 5.74) is 3.82. The molecular weight excluding hydrogens is 374 g/mol. The van der Waals surface area contributed by atoms with E-state index in [2.05, 4.69) is 15.2 Å². The highest BCUT2D eigenvalue weighted by Gasteiger charge is 2.50. The monoisotopic (exact) mass is 403 g/mol. The van der Waals surface area contributed by atoms with E-state index in [1.807, 2.05) is 6.92 Å². The van der Waals surface area contributed by atoms with Gasteiger partial charge >= 0.3 is 0 Å². The molecule has 1 aromatic rings. The minimum absolute atomic E-state index is 0.143. The highest BCUT2D eigenvalue weighted by atomic mass is 32.2. The first-order valence-corrected chi connectivity index (χ1v) is 11.7. The normalized spacial score (nSPS) is 31.8. The molecule has 152 valence electrons. The van der Waals surface area contributed by atoms with Crippen molar-refractivity contribution in [1.82, 2.24) is 10.1 Å². The molecule has 0 heterocycles. The molecule has 0 saturated heterocycles. The lowest BCUT2D eigenvalue weighted by molar-refractivity contribution is -0.119. The van der Waals surface area contributed by atoms with E-state index in [0.29, 0.717) is 5.41 Å². The van der Waals surface area contributed by atoms with Crippen molar-refractivity contribution >= 4 is 21.6 Å². The van der Waals surface area contributed by atoms with Gasteiger partial charge in [-0.05, 0) is 87.2 Å². The first kappa shape index (κ1) is 19.6. The van der Waals surface area contributed by atoms with Gasteiger partial charge in [-0.3, -0.25) is 4.79 Å². The van der Waals surface area contributed by atoms with Crippen LogP contribution in [0.3, 0.4) is 0 Å². The summed E-state index contributed by atoms with van der Waals surface area (Å²) in [6, 6.07) is 8.02. The number of carbonyl (C=O) groups is 1. The SMILES string of the molecule is C/C(CC12CC3CC(CC(C3)C1)C2)=N/NC(=O)CNS(=O)(=O)c1ccccc1. The van der Waals surface area contributed by atoms with Crippen molar-refractivity contribution in [3.63, 3.8) is 0 Å². The average molecular weight is 404 g/mol. The molecule has 0 aliphatic heterocycles. The van der Waals surface area contributed by atoms with Gasteiger partial charge in [0, 0.05) is 5.71 Å². The molecule has 6 nitrogen and oxygen atoms in total. The molecule has 0 unspecified atom stereocenters. The summed E-state index contributed by atoms with van der Waals surface area (Å²) < 4.78 is 26.6. The molecule has 4 aliphatic carbocycles. The molecule has 0 atom stereocenters. The Balaban J connectivity index is 1.29. The van der Waals surface area contributed by atoms with Crippen LogP contribution in [-0.2, 0) is 14.8 Å². The number of hydrogen-bond donors (Lipinski definition) is 2. The van der Waals surface area contributed by atoms with E-state index in [0.717, 1.165) is 29.9 Å². The standard InChI is InChI=1S/C21H29N3O3S/c1-15(10-21-11-16-7-17(12-21)9-18(8-16)13-21)23-24-20(25)14-22-28(26,27)19-5-3-2-4-6-19/h2-6,16-18,22H,7-14H2,1H3,(H,24,25)/b23-15-. The number of carbonyl (C=O) groups excluding carboxylic acids is 1. The van der Waals surface area contributed by atoms with Crippen LogP contribution in [0.5, 0.6) is 0 Å². The fourth-order valence-corrected chi connectivity index (χ4v) is 7.13. The molecule has 28 heavy (non-hydrogen) atoms. The largest absolute Gasteiger partial charge is 0.272 e. The minimum Gasteiger partial charge on any atom is -0.272 e. The van der Waals surface area contributed by atoms with Gasteiger partial charge in [-0.2, -0.15) is 5.10 Å². The first-order chi connectivity index (χ1) is 13.3. The summed E-state index contributed by atoms with van der Waals surface area (Å²) in [6.07, 6.45) is 9.08. The van der Waals surface area contributed by atoms with Gasteiger partial charge < -0.3 is 0 Å². The third-order valence-corrected chi connectivity index (χ3v) is 8.06. The molecule has 0 spiro atoms. The molecule has 4 fully saturated rings. The Hall–Kier alpha value is -1.73. The molecule has 1 aromatic carbocycles. The molecule has 4 bridgehead atoms. The lowest BCUT2D eigenvalue weighted by Gasteiger charge is -2.57. The van der Waals surface area contributed by atoms with Gasteiger partial charge in [-0.15, -0.1) is 0 Å². The van der Waals surface area contributed by atoms with E-state index in [4.69, 9.17) is 0 Å². The van der Waals surface area contributed by atoms with E-state index in [1.54, 1.807) is 18.2 Å². The van der Waals surface area contributed by atoms with Crippen LogP contribution in [0, 0.1) is 23.2 Å². The van der Waals surface area contributed by atoms with Crippen molar-refractivity contribution in [3.05, 3.63) is 30.3 Å². The van der Waals surface area contributed by atoms with Crippen LogP contribution in [-0.4, -0.2) is 26.6 Å². The van der Waals surface area contributed by atoms with E-state index >= 15 is 0 Å². The van der Waals surface area contributed by atoms with Crippen molar-refractivity contribution in [2.45, 2.75) is 56.8 Å². The summed E-state index contributed by atoms with van der Waals surface area (Å²) in [5, 5.41) is 4.26. The molecule has 5 rings (SSSR count). The van der Waals surface area contributed by atoms with Crippen LogP contribution in [0.2, 0.25) is 0 Å². The fourth-order valence-electron chi connectivity index (χ4n) is 6.13. The predicted octanol–water partition coefficient (Wildman–Crippen LogP) is 3.06.